The Balaban J connectivity index is 2.73. The molecule has 1 atom stereocenters. The van der Waals surface area contributed by atoms with Gasteiger partial charge in [0, 0.05) is 5.69 Å². The predicted octanol–water partition coefficient (Wildman–Crippen LogP) is 3.95. The first-order valence-electron chi connectivity index (χ1n) is 4.44. The molecule has 0 saturated heterocycles. The van der Waals surface area contributed by atoms with E-state index in [-0.39, 0.29) is 5.91 Å². The summed E-state index contributed by atoms with van der Waals surface area (Å²) in [5.74, 6) is -0.238. The maximum Gasteiger partial charge on any atom is 0.242 e. The number of hydrogen-bond acceptors (Lipinski definition) is 1. The van der Waals surface area contributed by atoms with Gasteiger partial charge < -0.3 is 5.32 Å². The van der Waals surface area contributed by atoms with Crippen molar-refractivity contribution < 1.29 is 4.79 Å². The van der Waals surface area contributed by atoms with E-state index in [0.29, 0.717) is 22.2 Å². The van der Waals surface area contributed by atoms with Gasteiger partial charge in [-0.2, -0.15) is 0 Å². The third-order valence-corrected chi connectivity index (χ3v) is 3.08. The van der Waals surface area contributed by atoms with Crippen LogP contribution in [0.4, 0.5) is 5.69 Å². The molecule has 0 aliphatic heterocycles. The molecule has 0 fully saturated rings. The quantitative estimate of drug-likeness (QED) is 0.825. The van der Waals surface area contributed by atoms with E-state index in [1.165, 1.54) is 0 Å². The Bertz CT molecular complexity index is 368. The SMILES string of the molecule is CCC(Cl)C(=O)Nc1ccc(Cl)c(Cl)c1. The Morgan fingerprint density at radius 2 is 2.07 bits per heavy atom. The zero-order chi connectivity index (χ0) is 11.4. The van der Waals surface area contributed by atoms with Crippen LogP contribution in [0, 0.1) is 0 Å². The van der Waals surface area contributed by atoms with Crippen LogP contribution in [0.15, 0.2) is 18.2 Å². The average Bonchev–Trinajstić information content (AvgIpc) is 2.22. The number of anilines is 1. The van der Waals surface area contributed by atoms with Gasteiger partial charge in [0.1, 0.15) is 5.38 Å². The summed E-state index contributed by atoms with van der Waals surface area (Å²) in [5.41, 5.74) is 0.591. The lowest BCUT2D eigenvalue weighted by Gasteiger charge is -2.08. The first-order valence-corrected chi connectivity index (χ1v) is 5.63. The number of nitrogens with one attached hydrogen (secondary N) is 1. The van der Waals surface area contributed by atoms with E-state index < -0.39 is 5.38 Å². The van der Waals surface area contributed by atoms with Crippen molar-refractivity contribution in [1.29, 1.82) is 0 Å². The molecule has 1 aromatic rings. The fourth-order valence-corrected chi connectivity index (χ4v) is 1.33. The van der Waals surface area contributed by atoms with Crippen molar-refractivity contribution in [2.45, 2.75) is 18.7 Å². The minimum atomic E-state index is -0.528. The van der Waals surface area contributed by atoms with Gasteiger partial charge in [0.15, 0.2) is 0 Å². The highest BCUT2D eigenvalue weighted by Gasteiger charge is 2.12. The Morgan fingerprint density at radius 3 is 2.60 bits per heavy atom. The van der Waals surface area contributed by atoms with Crippen LogP contribution in [0.5, 0.6) is 0 Å². The second-order valence-corrected chi connectivity index (χ2v) is 4.34. The summed E-state index contributed by atoms with van der Waals surface area (Å²) >= 11 is 17.3. The Hall–Kier alpha value is -0.440. The Labute approximate surface area is 104 Å². The third kappa shape index (κ3) is 3.56. The van der Waals surface area contributed by atoms with E-state index in [4.69, 9.17) is 34.8 Å². The minimum Gasteiger partial charge on any atom is -0.325 e. The van der Waals surface area contributed by atoms with Crippen LogP contribution >= 0.6 is 34.8 Å². The molecular weight excluding hydrogens is 256 g/mol. The highest BCUT2D eigenvalue weighted by atomic mass is 35.5. The van der Waals surface area contributed by atoms with Gasteiger partial charge in [-0.1, -0.05) is 30.1 Å². The van der Waals surface area contributed by atoms with Gasteiger partial charge in [0.05, 0.1) is 10.0 Å². The van der Waals surface area contributed by atoms with Crippen LogP contribution in [0.3, 0.4) is 0 Å². The van der Waals surface area contributed by atoms with Crippen LogP contribution in [-0.2, 0) is 4.79 Å². The van der Waals surface area contributed by atoms with Crippen molar-refractivity contribution in [3.63, 3.8) is 0 Å². The van der Waals surface area contributed by atoms with Crippen molar-refractivity contribution >= 4 is 46.4 Å². The molecule has 1 amide bonds. The monoisotopic (exact) mass is 265 g/mol. The number of halogens is 3. The summed E-state index contributed by atoms with van der Waals surface area (Å²) in [6, 6.07) is 4.88. The van der Waals surface area contributed by atoms with E-state index in [0.717, 1.165) is 0 Å². The molecule has 1 aromatic carbocycles. The van der Waals surface area contributed by atoms with E-state index in [9.17, 15) is 4.79 Å². The number of benzene rings is 1. The summed E-state index contributed by atoms with van der Waals surface area (Å²) in [5, 5.41) is 2.97. The molecule has 0 radical (unpaired) electrons. The molecule has 82 valence electrons. The van der Waals surface area contributed by atoms with Gasteiger partial charge in [0.25, 0.3) is 0 Å². The fraction of sp³-hybridized carbons (Fsp3) is 0.300. The van der Waals surface area contributed by atoms with Gasteiger partial charge in [-0.25, -0.2) is 0 Å². The molecule has 1 N–H and O–H groups in total. The first kappa shape index (κ1) is 12.6. The Morgan fingerprint density at radius 1 is 1.40 bits per heavy atom. The number of carbonyl (C=O) groups is 1. The molecular formula is C10H10Cl3NO. The average molecular weight is 267 g/mol. The lowest BCUT2D eigenvalue weighted by molar-refractivity contribution is -0.115. The number of carbonyl (C=O) groups excluding carboxylic acids is 1. The zero-order valence-electron chi connectivity index (χ0n) is 8.06. The van der Waals surface area contributed by atoms with Crippen molar-refractivity contribution in [3.05, 3.63) is 28.2 Å². The standard InChI is InChI=1S/C10H10Cl3NO/c1-2-7(11)10(15)14-6-3-4-8(12)9(13)5-6/h3-5,7H,2H2,1H3,(H,14,15). The molecule has 5 heteroatoms. The van der Waals surface area contributed by atoms with Crippen molar-refractivity contribution in [1.82, 2.24) is 0 Å². The number of amides is 1. The van der Waals surface area contributed by atoms with E-state index in [2.05, 4.69) is 5.32 Å². The maximum absolute atomic E-state index is 11.4. The molecule has 1 rings (SSSR count). The minimum absolute atomic E-state index is 0.238. The molecule has 0 aliphatic carbocycles. The molecule has 0 saturated carbocycles. The summed E-state index contributed by atoms with van der Waals surface area (Å²) in [7, 11) is 0. The lowest BCUT2D eigenvalue weighted by Crippen LogP contribution is -2.22. The molecule has 0 bridgehead atoms. The summed E-state index contributed by atoms with van der Waals surface area (Å²) < 4.78 is 0. The topological polar surface area (TPSA) is 29.1 Å². The molecule has 0 aliphatic rings. The molecule has 15 heavy (non-hydrogen) atoms. The molecule has 0 heterocycles. The van der Waals surface area contributed by atoms with Gasteiger partial charge in [-0.15, -0.1) is 11.6 Å². The highest BCUT2D eigenvalue weighted by Crippen LogP contribution is 2.25. The fourth-order valence-electron chi connectivity index (χ4n) is 0.980. The van der Waals surface area contributed by atoms with Gasteiger partial charge in [-0.3, -0.25) is 4.79 Å². The zero-order valence-corrected chi connectivity index (χ0v) is 10.3. The maximum atomic E-state index is 11.4. The molecule has 0 aromatic heterocycles. The van der Waals surface area contributed by atoms with Gasteiger partial charge >= 0.3 is 0 Å². The largest absolute Gasteiger partial charge is 0.325 e. The van der Waals surface area contributed by atoms with Crippen molar-refractivity contribution in [2.75, 3.05) is 5.32 Å². The first-order chi connectivity index (χ1) is 7.04. The van der Waals surface area contributed by atoms with Crippen LogP contribution in [-0.4, -0.2) is 11.3 Å². The summed E-state index contributed by atoms with van der Waals surface area (Å²) in [4.78, 5) is 11.4. The van der Waals surface area contributed by atoms with Crippen LogP contribution in [0.1, 0.15) is 13.3 Å². The molecule has 2 nitrogen and oxygen atoms in total. The van der Waals surface area contributed by atoms with Crippen molar-refractivity contribution in [2.24, 2.45) is 0 Å². The predicted molar refractivity (Wildman–Crippen MR) is 65.0 cm³/mol. The van der Waals surface area contributed by atoms with Gasteiger partial charge in [-0.05, 0) is 24.6 Å². The normalized spacial score (nSPS) is 12.3. The van der Waals surface area contributed by atoms with Gasteiger partial charge in [0.2, 0.25) is 5.91 Å². The smallest absolute Gasteiger partial charge is 0.242 e. The van der Waals surface area contributed by atoms with E-state index in [1.807, 2.05) is 6.92 Å². The number of hydrogen-bond donors (Lipinski definition) is 1. The second kappa shape index (κ2) is 5.59. The van der Waals surface area contributed by atoms with E-state index >= 15 is 0 Å². The molecule has 1 unspecified atom stereocenters. The number of rotatable bonds is 3. The van der Waals surface area contributed by atoms with E-state index in [1.54, 1.807) is 18.2 Å². The second-order valence-electron chi connectivity index (χ2n) is 2.99. The van der Waals surface area contributed by atoms with Crippen LogP contribution < -0.4 is 5.32 Å². The Kier molecular flexibility index (Phi) is 4.71. The summed E-state index contributed by atoms with van der Waals surface area (Å²) in [6.45, 7) is 1.84. The molecule has 0 spiro atoms. The van der Waals surface area contributed by atoms with Crippen LogP contribution in [0.25, 0.3) is 0 Å². The summed E-state index contributed by atoms with van der Waals surface area (Å²) in [6.07, 6.45) is 0.578. The lowest BCUT2D eigenvalue weighted by atomic mass is 10.3. The number of alkyl halides is 1. The van der Waals surface area contributed by atoms with Crippen molar-refractivity contribution in [3.8, 4) is 0 Å². The third-order valence-electron chi connectivity index (χ3n) is 1.83. The highest BCUT2D eigenvalue weighted by molar-refractivity contribution is 6.42. The van der Waals surface area contributed by atoms with Crippen LogP contribution in [0.2, 0.25) is 10.0 Å².